The van der Waals surface area contributed by atoms with Crippen molar-refractivity contribution in [3.63, 3.8) is 0 Å². The Kier molecular flexibility index (Phi) is 2.17. The third-order valence-corrected chi connectivity index (χ3v) is 2.01. The molecule has 1 saturated heterocycles. The van der Waals surface area contributed by atoms with Crippen LogP contribution in [-0.2, 0) is 14.3 Å². The number of rotatable bonds is 2. The Hall–Kier alpha value is -1.32. The number of nitrogens with one attached hydrogen (secondary N) is 1. The van der Waals surface area contributed by atoms with Crippen LogP contribution in [0, 0.1) is 0 Å². The molecule has 0 radical (unpaired) electrons. The van der Waals surface area contributed by atoms with E-state index in [0.717, 1.165) is 0 Å². The smallest absolute Gasteiger partial charge is 0.335 e. The van der Waals surface area contributed by atoms with Gasteiger partial charge < -0.3 is 10.1 Å². The first-order chi connectivity index (χ1) is 5.64. The van der Waals surface area contributed by atoms with Crippen LogP contribution < -0.4 is 5.32 Å². The van der Waals surface area contributed by atoms with Crippen molar-refractivity contribution in [3.05, 3.63) is 12.7 Å². The highest BCUT2D eigenvalue weighted by Crippen LogP contribution is 2.22. The number of ether oxygens (including phenoxy) is 1. The lowest BCUT2D eigenvalue weighted by Crippen LogP contribution is -2.47. The van der Waals surface area contributed by atoms with Gasteiger partial charge in [0.1, 0.15) is 0 Å². The van der Waals surface area contributed by atoms with Crippen molar-refractivity contribution in [1.29, 1.82) is 0 Å². The van der Waals surface area contributed by atoms with E-state index in [2.05, 4.69) is 16.6 Å². The molecular weight excluding hydrogens is 158 g/mol. The van der Waals surface area contributed by atoms with E-state index in [1.165, 1.54) is 13.2 Å². The summed E-state index contributed by atoms with van der Waals surface area (Å²) in [5, 5.41) is 2.54. The molecule has 4 heteroatoms. The van der Waals surface area contributed by atoms with Gasteiger partial charge in [0.05, 0.1) is 7.11 Å². The molecule has 66 valence electrons. The van der Waals surface area contributed by atoms with Gasteiger partial charge in [-0.3, -0.25) is 4.79 Å². The predicted molar refractivity (Wildman–Crippen MR) is 42.3 cm³/mol. The number of esters is 1. The maximum atomic E-state index is 11.2. The Balaban J connectivity index is 2.84. The molecule has 1 unspecified atom stereocenters. The van der Waals surface area contributed by atoms with Crippen LogP contribution in [0.5, 0.6) is 0 Å². The van der Waals surface area contributed by atoms with Gasteiger partial charge in [-0.15, -0.1) is 6.58 Å². The highest BCUT2D eigenvalue weighted by atomic mass is 16.5. The highest BCUT2D eigenvalue weighted by Gasteiger charge is 2.42. The third-order valence-electron chi connectivity index (χ3n) is 2.01. The molecule has 0 saturated carbocycles. The first kappa shape index (κ1) is 8.77. The molecule has 1 atom stereocenters. The quantitative estimate of drug-likeness (QED) is 0.467. The van der Waals surface area contributed by atoms with Crippen LogP contribution in [0.15, 0.2) is 12.7 Å². The largest absolute Gasteiger partial charge is 0.467 e. The van der Waals surface area contributed by atoms with Crippen LogP contribution in [-0.4, -0.2) is 24.5 Å². The van der Waals surface area contributed by atoms with Gasteiger partial charge in [0.15, 0.2) is 5.54 Å². The summed E-state index contributed by atoms with van der Waals surface area (Å²) in [5.74, 6) is -0.594. The maximum Gasteiger partial charge on any atom is 0.335 e. The van der Waals surface area contributed by atoms with Crippen LogP contribution >= 0.6 is 0 Å². The molecule has 1 heterocycles. The second kappa shape index (κ2) is 2.97. The van der Waals surface area contributed by atoms with Gasteiger partial charge in [0.2, 0.25) is 5.91 Å². The lowest BCUT2D eigenvalue weighted by Gasteiger charge is -2.20. The molecule has 1 amide bonds. The Morgan fingerprint density at radius 1 is 1.83 bits per heavy atom. The van der Waals surface area contributed by atoms with Crippen molar-refractivity contribution >= 4 is 11.9 Å². The van der Waals surface area contributed by atoms with E-state index in [0.29, 0.717) is 12.8 Å². The van der Waals surface area contributed by atoms with Crippen molar-refractivity contribution < 1.29 is 14.3 Å². The molecular formula is C8H11NO3. The summed E-state index contributed by atoms with van der Waals surface area (Å²) in [6.07, 6.45) is 2.20. The lowest BCUT2D eigenvalue weighted by molar-refractivity contribution is -0.146. The Morgan fingerprint density at radius 3 is 2.83 bits per heavy atom. The average Bonchev–Trinajstić information content (AvgIpc) is 2.47. The molecule has 4 nitrogen and oxygen atoms in total. The van der Waals surface area contributed by atoms with Gasteiger partial charge in [0.25, 0.3) is 0 Å². The van der Waals surface area contributed by atoms with Crippen molar-refractivity contribution in [3.8, 4) is 0 Å². The molecule has 1 rings (SSSR count). The highest BCUT2D eigenvalue weighted by molar-refractivity contribution is 5.93. The number of hydrogen-bond acceptors (Lipinski definition) is 3. The van der Waals surface area contributed by atoms with Crippen LogP contribution in [0.1, 0.15) is 12.8 Å². The van der Waals surface area contributed by atoms with Gasteiger partial charge >= 0.3 is 5.97 Å². The molecule has 12 heavy (non-hydrogen) atoms. The fraction of sp³-hybridized carbons (Fsp3) is 0.500. The zero-order valence-electron chi connectivity index (χ0n) is 6.92. The number of carbonyl (C=O) groups excluding carboxylic acids is 2. The Labute approximate surface area is 70.6 Å². The second-order valence-electron chi connectivity index (χ2n) is 2.72. The molecule has 1 fully saturated rings. The van der Waals surface area contributed by atoms with Crippen LogP contribution in [0.25, 0.3) is 0 Å². The summed E-state index contributed by atoms with van der Waals surface area (Å²) in [4.78, 5) is 22.1. The van der Waals surface area contributed by atoms with E-state index in [1.807, 2.05) is 0 Å². The number of carbonyl (C=O) groups is 2. The van der Waals surface area contributed by atoms with Crippen molar-refractivity contribution in [2.45, 2.75) is 18.4 Å². The van der Waals surface area contributed by atoms with Crippen LogP contribution in [0.4, 0.5) is 0 Å². The Bertz CT molecular complexity index is 236. The number of methoxy groups -OCH3 is 1. The zero-order valence-corrected chi connectivity index (χ0v) is 6.92. The van der Waals surface area contributed by atoms with E-state index >= 15 is 0 Å². The van der Waals surface area contributed by atoms with Gasteiger partial charge in [-0.2, -0.15) is 0 Å². The molecule has 1 aliphatic rings. The maximum absolute atomic E-state index is 11.2. The Morgan fingerprint density at radius 2 is 2.50 bits per heavy atom. The fourth-order valence-electron chi connectivity index (χ4n) is 1.26. The minimum Gasteiger partial charge on any atom is -0.467 e. The molecule has 0 bridgehead atoms. The van der Waals surface area contributed by atoms with Crippen LogP contribution in [0.2, 0.25) is 0 Å². The summed E-state index contributed by atoms with van der Waals surface area (Å²) in [6.45, 7) is 3.50. The standard InChI is InChI=1S/C8H11NO3/c1-3-8(7(11)12-2)5-4-6(10)9-8/h3H,1,4-5H2,2H3,(H,9,10). The number of hydrogen-bond donors (Lipinski definition) is 1. The molecule has 0 aromatic carbocycles. The predicted octanol–water partition coefficient (Wildman–Crippen LogP) is -0.00580. The topological polar surface area (TPSA) is 55.4 Å². The van der Waals surface area contributed by atoms with Crippen molar-refractivity contribution in [1.82, 2.24) is 5.32 Å². The van der Waals surface area contributed by atoms with Crippen molar-refractivity contribution in [2.75, 3.05) is 7.11 Å². The van der Waals surface area contributed by atoms with Gasteiger partial charge in [-0.25, -0.2) is 4.79 Å². The molecule has 0 aliphatic carbocycles. The minimum absolute atomic E-state index is 0.139. The molecule has 0 aromatic heterocycles. The number of amides is 1. The molecule has 0 spiro atoms. The molecule has 0 aromatic rings. The summed E-state index contributed by atoms with van der Waals surface area (Å²) in [6, 6.07) is 0. The monoisotopic (exact) mass is 169 g/mol. The van der Waals surface area contributed by atoms with Crippen molar-refractivity contribution in [2.24, 2.45) is 0 Å². The average molecular weight is 169 g/mol. The van der Waals surface area contributed by atoms with E-state index < -0.39 is 11.5 Å². The van der Waals surface area contributed by atoms with E-state index in [-0.39, 0.29) is 5.91 Å². The SMILES string of the molecule is C=CC1(C(=O)OC)CCC(=O)N1. The van der Waals surface area contributed by atoms with Gasteiger partial charge in [0, 0.05) is 6.42 Å². The fourth-order valence-corrected chi connectivity index (χ4v) is 1.26. The third kappa shape index (κ3) is 1.20. The molecule has 1 aliphatic heterocycles. The summed E-state index contributed by atoms with van der Waals surface area (Å²) in [7, 11) is 1.29. The van der Waals surface area contributed by atoms with E-state index in [1.54, 1.807) is 0 Å². The van der Waals surface area contributed by atoms with E-state index in [9.17, 15) is 9.59 Å². The van der Waals surface area contributed by atoms with Gasteiger partial charge in [-0.05, 0) is 6.42 Å². The van der Waals surface area contributed by atoms with E-state index in [4.69, 9.17) is 0 Å². The second-order valence-corrected chi connectivity index (χ2v) is 2.72. The summed E-state index contributed by atoms with van der Waals surface area (Å²) >= 11 is 0. The molecule has 1 N–H and O–H groups in total. The first-order valence-corrected chi connectivity index (χ1v) is 3.67. The van der Waals surface area contributed by atoms with Crippen LogP contribution in [0.3, 0.4) is 0 Å². The summed E-state index contributed by atoms with van der Waals surface area (Å²) in [5.41, 5.74) is -0.980. The minimum atomic E-state index is -0.980. The summed E-state index contributed by atoms with van der Waals surface area (Å²) < 4.78 is 4.55. The van der Waals surface area contributed by atoms with Gasteiger partial charge in [-0.1, -0.05) is 6.08 Å². The normalized spacial score (nSPS) is 27.9. The zero-order chi connectivity index (χ0) is 9.19. The lowest BCUT2D eigenvalue weighted by atomic mass is 9.98. The first-order valence-electron chi connectivity index (χ1n) is 3.67.